The second kappa shape index (κ2) is 8.76. The summed E-state index contributed by atoms with van der Waals surface area (Å²) in [5.74, 6) is 0.773. The van der Waals surface area contributed by atoms with Crippen LogP contribution >= 0.6 is 11.3 Å². The van der Waals surface area contributed by atoms with Gasteiger partial charge in [-0.05, 0) is 50.8 Å². The molecule has 0 radical (unpaired) electrons. The Morgan fingerprint density at radius 1 is 1.17 bits per heavy atom. The molecule has 0 saturated heterocycles. The molecule has 1 aliphatic rings. The molecular weight excluding hydrogens is 382 g/mol. The van der Waals surface area contributed by atoms with Gasteiger partial charge in [0.1, 0.15) is 5.75 Å². The largest absolute Gasteiger partial charge is 0.482 e. The molecule has 1 aliphatic heterocycles. The minimum atomic E-state index is 0.0106. The van der Waals surface area contributed by atoms with Crippen molar-refractivity contribution in [3.05, 3.63) is 64.5 Å². The summed E-state index contributed by atoms with van der Waals surface area (Å²) < 4.78 is 5.65. The van der Waals surface area contributed by atoms with Gasteiger partial charge in [0.25, 0.3) is 5.91 Å². The Balaban J connectivity index is 1.55. The molecule has 0 fully saturated rings. The third-order valence-electron chi connectivity index (χ3n) is 4.93. The van der Waals surface area contributed by atoms with Crippen LogP contribution < -0.4 is 9.64 Å². The number of aromatic nitrogens is 1. The summed E-state index contributed by atoms with van der Waals surface area (Å²) in [6, 6.07) is 16.4. The van der Waals surface area contributed by atoms with E-state index in [1.54, 1.807) is 11.3 Å². The molecule has 6 heteroatoms. The molecule has 0 atom stereocenters. The van der Waals surface area contributed by atoms with Gasteiger partial charge in [0.05, 0.1) is 16.4 Å². The number of rotatable bonds is 7. The maximum absolute atomic E-state index is 12.5. The molecule has 150 valence electrons. The van der Waals surface area contributed by atoms with Crippen LogP contribution in [0.2, 0.25) is 0 Å². The third-order valence-corrected chi connectivity index (χ3v) is 5.78. The van der Waals surface area contributed by atoms with Crippen LogP contribution in [0.5, 0.6) is 5.75 Å². The van der Waals surface area contributed by atoms with Crippen LogP contribution in [-0.2, 0) is 11.2 Å². The van der Waals surface area contributed by atoms with E-state index in [0.29, 0.717) is 6.54 Å². The molecule has 0 saturated carbocycles. The van der Waals surface area contributed by atoms with E-state index in [1.807, 2.05) is 43.3 Å². The first kappa shape index (κ1) is 19.6. The van der Waals surface area contributed by atoms with Crippen molar-refractivity contribution in [3.8, 4) is 17.0 Å². The zero-order valence-electron chi connectivity index (χ0n) is 16.8. The highest BCUT2D eigenvalue weighted by atomic mass is 32.1. The standard InChI is InChI=1S/C23H25N3O2S/c1-25(2)11-6-12-26-20-14-18(9-10-21(20)28-15-23(26)27)19-16-29-22(24-19)13-17-7-4-3-5-8-17/h3-5,7-10,14,16H,6,11-13,15H2,1-2H3. The fourth-order valence-electron chi connectivity index (χ4n) is 3.45. The van der Waals surface area contributed by atoms with Crippen LogP contribution in [0, 0.1) is 0 Å². The first-order valence-electron chi connectivity index (χ1n) is 9.81. The van der Waals surface area contributed by atoms with Crippen LogP contribution in [0.3, 0.4) is 0 Å². The minimum absolute atomic E-state index is 0.0106. The Labute approximate surface area is 175 Å². The first-order chi connectivity index (χ1) is 14.1. The number of carbonyl (C=O) groups is 1. The van der Waals surface area contributed by atoms with Gasteiger partial charge in [-0.25, -0.2) is 4.98 Å². The smallest absolute Gasteiger partial charge is 0.265 e. The zero-order chi connectivity index (χ0) is 20.2. The molecular formula is C23H25N3O2S. The number of anilines is 1. The predicted octanol–water partition coefficient (Wildman–Crippen LogP) is 4.08. The number of fused-ring (bicyclic) bond motifs is 1. The van der Waals surface area contributed by atoms with Crippen LogP contribution in [0.25, 0.3) is 11.3 Å². The Kier molecular flexibility index (Phi) is 5.92. The van der Waals surface area contributed by atoms with E-state index >= 15 is 0 Å². The van der Waals surface area contributed by atoms with Crippen molar-refractivity contribution >= 4 is 22.9 Å². The number of thiazole rings is 1. The lowest BCUT2D eigenvalue weighted by molar-refractivity contribution is -0.121. The number of hydrogen-bond acceptors (Lipinski definition) is 5. The van der Waals surface area contributed by atoms with Gasteiger partial charge in [-0.15, -0.1) is 11.3 Å². The number of hydrogen-bond donors (Lipinski definition) is 0. The molecule has 3 aromatic rings. The molecule has 2 aromatic carbocycles. The lowest BCUT2D eigenvalue weighted by Crippen LogP contribution is -2.40. The second-order valence-electron chi connectivity index (χ2n) is 7.46. The van der Waals surface area contributed by atoms with E-state index in [1.165, 1.54) is 5.56 Å². The molecule has 1 aromatic heterocycles. The maximum atomic E-state index is 12.5. The van der Waals surface area contributed by atoms with Gasteiger partial charge >= 0.3 is 0 Å². The molecule has 29 heavy (non-hydrogen) atoms. The Bertz CT molecular complexity index is 985. The van der Waals surface area contributed by atoms with E-state index in [4.69, 9.17) is 9.72 Å². The van der Waals surface area contributed by atoms with Crippen molar-refractivity contribution in [2.75, 3.05) is 38.7 Å². The van der Waals surface area contributed by atoms with Crippen molar-refractivity contribution < 1.29 is 9.53 Å². The number of benzene rings is 2. The van der Waals surface area contributed by atoms with Gasteiger partial charge in [-0.3, -0.25) is 4.79 Å². The summed E-state index contributed by atoms with van der Waals surface area (Å²) in [6.07, 6.45) is 1.75. The van der Waals surface area contributed by atoms with Crippen LogP contribution in [0.1, 0.15) is 17.0 Å². The highest BCUT2D eigenvalue weighted by Gasteiger charge is 2.25. The van der Waals surface area contributed by atoms with E-state index < -0.39 is 0 Å². The second-order valence-corrected chi connectivity index (χ2v) is 8.40. The SMILES string of the molecule is CN(C)CCCN1C(=O)COc2ccc(-c3csc(Cc4ccccc4)n3)cc21. The summed E-state index contributed by atoms with van der Waals surface area (Å²) in [7, 11) is 4.09. The summed E-state index contributed by atoms with van der Waals surface area (Å²) in [4.78, 5) is 21.3. The molecule has 0 spiro atoms. The topological polar surface area (TPSA) is 45.7 Å². The molecule has 0 aliphatic carbocycles. The summed E-state index contributed by atoms with van der Waals surface area (Å²) in [5, 5.41) is 3.17. The van der Waals surface area contributed by atoms with Crippen molar-refractivity contribution in [1.82, 2.24) is 9.88 Å². The highest BCUT2D eigenvalue weighted by molar-refractivity contribution is 7.10. The number of carbonyl (C=O) groups excluding carboxylic acids is 1. The molecule has 4 rings (SSSR count). The predicted molar refractivity (Wildman–Crippen MR) is 118 cm³/mol. The van der Waals surface area contributed by atoms with E-state index in [2.05, 4.69) is 34.5 Å². The summed E-state index contributed by atoms with van der Waals surface area (Å²) in [6.45, 7) is 1.73. The van der Waals surface area contributed by atoms with Crippen LogP contribution in [0.4, 0.5) is 5.69 Å². The van der Waals surface area contributed by atoms with E-state index in [9.17, 15) is 4.79 Å². The number of ether oxygens (including phenoxy) is 1. The van der Waals surface area contributed by atoms with Crippen LogP contribution in [-0.4, -0.2) is 49.6 Å². The van der Waals surface area contributed by atoms with E-state index in [0.717, 1.165) is 47.1 Å². The van der Waals surface area contributed by atoms with E-state index in [-0.39, 0.29) is 12.5 Å². The number of nitrogens with zero attached hydrogens (tertiary/aromatic N) is 3. The Morgan fingerprint density at radius 2 is 2.00 bits per heavy atom. The first-order valence-corrected chi connectivity index (χ1v) is 10.7. The van der Waals surface area contributed by atoms with Gasteiger partial charge in [0.2, 0.25) is 0 Å². The molecule has 0 N–H and O–H groups in total. The van der Waals surface area contributed by atoms with Crippen LogP contribution in [0.15, 0.2) is 53.9 Å². The van der Waals surface area contributed by atoms with Crippen molar-refractivity contribution in [1.29, 1.82) is 0 Å². The fraction of sp³-hybridized carbons (Fsp3) is 0.304. The van der Waals surface area contributed by atoms with Gasteiger partial charge in [0, 0.05) is 23.9 Å². The molecule has 0 unspecified atom stereocenters. The van der Waals surface area contributed by atoms with Gasteiger partial charge < -0.3 is 14.5 Å². The lowest BCUT2D eigenvalue weighted by Gasteiger charge is -2.30. The maximum Gasteiger partial charge on any atom is 0.265 e. The summed E-state index contributed by atoms with van der Waals surface area (Å²) in [5.41, 5.74) is 4.05. The number of amides is 1. The quantitative estimate of drug-likeness (QED) is 0.592. The summed E-state index contributed by atoms with van der Waals surface area (Å²) >= 11 is 1.67. The molecule has 5 nitrogen and oxygen atoms in total. The Hall–Kier alpha value is -2.70. The Morgan fingerprint density at radius 3 is 2.79 bits per heavy atom. The highest BCUT2D eigenvalue weighted by Crippen LogP contribution is 2.36. The van der Waals surface area contributed by atoms with Gasteiger partial charge in [-0.2, -0.15) is 0 Å². The monoisotopic (exact) mass is 407 g/mol. The third kappa shape index (κ3) is 4.66. The molecule has 1 amide bonds. The fourth-order valence-corrected chi connectivity index (χ4v) is 4.28. The zero-order valence-corrected chi connectivity index (χ0v) is 17.6. The average molecular weight is 408 g/mol. The molecule has 2 heterocycles. The normalized spacial score (nSPS) is 13.5. The van der Waals surface area contributed by atoms with Crippen molar-refractivity contribution in [2.24, 2.45) is 0 Å². The van der Waals surface area contributed by atoms with Gasteiger partial charge in [0.15, 0.2) is 6.61 Å². The minimum Gasteiger partial charge on any atom is -0.482 e. The van der Waals surface area contributed by atoms with Crippen molar-refractivity contribution in [3.63, 3.8) is 0 Å². The molecule has 0 bridgehead atoms. The average Bonchev–Trinajstić information content (AvgIpc) is 3.18. The lowest BCUT2D eigenvalue weighted by atomic mass is 10.1. The van der Waals surface area contributed by atoms with Crippen molar-refractivity contribution in [2.45, 2.75) is 12.8 Å². The van der Waals surface area contributed by atoms with Gasteiger partial charge in [-0.1, -0.05) is 30.3 Å².